The molecule has 0 aromatic heterocycles. The highest BCUT2D eigenvalue weighted by Crippen LogP contribution is 2.50. The van der Waals surface area contributed by atoms with Gasteiger partial charge >= 0.3 is 0 Å². The predicted molar refractivity (Wildman–Crippen MR) is 92.6 cm³/mol. The molecule has 1 aliphatic carbocycles. The van der Waals surface area contributed by atoms with Crippen LogP contribution in [0, 0.1) is 5.92 Å². The summed E-state index contributed by atoms with van der Waals surface area (Å²) in [5, 5.41) is 0.710. The molecule has 1 saturated heterocycles. The summed E-state index contributed by atoms with van der Waals surface area (Å²) < 4.78 is 0. The Morgan fingerprint density at radius 2 is 2.00 bits per heavy atom. The normalized spacial score (nSPS) is 21.9. The number of carbonyl (C=O) groups is 1. The highest BCUT2D eigenvalue weighted by atomic mass is 35.5. The van der Waals surface area contributed by atoms with Crippen LogP contribution in [0.3, 0.4) is 0 Å². The first-order chi connectivity index (χ1) is 10.0. The third-order valence-electron chi connectivity index (χ3n) is 5.11. The molecule has 1 atom stereocenters. The van der Waals surface area contributed by atoms with Crippen molar-refractivity contribution in [3.05, 3.63) is 34.9 Å². The van der Waals surface area contributed by atoms with Gasteiger partial charge in [-0.15, -0.1) is 12.4 Å². The largest absolute Gasteiger partial charge is 0.342 e. The minimum absolute atomic E-state index is 0. The molecule has 5 heteroatoms. The number of nitrogens with two attached hydrogens (primary N) is 1. The number of carbonyl (C=O) groups excluding carboxylic acids is 1. The summed E-state index contributed by atoms with van der Waals surface area (Å²) in [6, 6.07) is 8.00. The van der Waals surface area contributed by atoms with Crippen LogP contribution in [0.5, 0.6) is 0 Å². The van der Waals surface area contributed by atoms with Crippen LogP contribution in [-0.2, 0) is 10.2 Å². The van der Waals surface area contributed by atoms with Crippen LogP contribution in [0.1, 0.15) is 38.2 Å². The predicted octanol–water partition coefficient (Wildman–Crippen LogP) is 3.38. The monoisotopic (exact) mass is 342 g/mol. The number of rotatable bonds is 3. The topological polar surface area (TPSA) is 46.3 Å². The Balaban J connectivity index is 0.00000176. The minimum atomic E-state index is -0.300. The van der Waals surface area contributed by atoms with Gasteiger partial charge in [0.05, 0.1) is 5.41 Å². The zero-order valence-electron chi connectivity index (χ0n) is 12.9. The molecule has 0 bridgehead atoms. The molecule has 1 amide bonds. The van der Waals surface area contributed by atoms with Crippen LogP contribution >= 0.6 is 24.0 Å². The third-order valence-corrected chi connectivity index (χ3v) is 5.34. The highest BCUT2D eigenvalue weighted by Gasteiger charge is 2.53. The second-order valence-electron chi connectivity index (χ2n) is 6.58. The molecular weight excluding hydrogens is 319 g/mol. The van der Waals surface area contributed by atoms with Crippen LogP contribution in [0.15, 0.2) is 24.3 Å². The number of nitrogens with zero attached hydrogens (tertiary/aromatic N) is 1. The Kier molecular flexibility index (Phi) is 5.41. The van der Waals surface area contributed by atoms with Gasteiger partial charge in [0.15, 0.2) is 0 Å². The van der Waals surface area contributed by atoms with Crippen molar-refractivity contribution in [2.24, 2.45) is 11.7 Å². The quantitative estimate of drug-likeness (QED) is 0.915. The Bertz CT molecular complexity index is 535. The Morgan fingerprint density at radius 3 is 2.50 bits per heavy atom. The van der Waals surface area contributed by atoms with Gasteiger partial charge in [0.1, 0.15) is 0 Å². The lowest BCUT2D eigenvalue weighted by atomic mass is 9.88. The number of likely N-dealkylation sites (tertiary alicyclic amines) is 1. The summed E-state index contributed by atoms with van der Waals surface area (Å²) in [5.41, 5.74) is 6.75. The van der Waals surface area contributed by atoms with Gasteiger partial charge in [-0.05, 0) is 56.2 Å². The molecule has 1 aliphatic heterocycles. The van der Waals surface area contributed by atoms with Crippen molar-refractivity contribution in [1.29, 1.82) is 0 Å². The van der Waals surface area contributed by atoms with Crippen molar-refractivity contribution in [1.82, 2.24) is 4.90 Å². The zero-order valence-corrected chi connectivity index (χ0v) is 14.5. The van der Waals surface area contributed by atoms with E-state index in [0.717, 1.165) is 44.3 Å². The fraction of sp³-hybridized carbons (Fsp3) is 0.588. The third kappa shape index (κ3) is 3.27. The molecule has 0 radical (unpaired) electrons. The van der Waals surface area contributed by atoms with E-state index in [1.165, 1.54) is 0 Å². The molecule has 3 rings (SSSR count). The molecule has 22 heavy (non-hydrogen) atoms. The minimum Gasteiger partial charge on any atom is -0.342 e. The molecule has 0 spiro atoms. The van der Waals surface area contributed by atoms with E-state index in [2.05, 4.69) is 6.92 Å². The van der Waals surface area contributed by atoms with Gasteiger partial charge in [0, 0.05) is 24.2 Å². The molecule has 1 aromatic rings. The lowest BCUT2D eigenvalue weighted by Gasteiger charge is -2.36. The number of piperidine rings is 1. The van der Waals surface area contributed by atoms with Gasteiger partial charge in [-0.2, -0.15) is 0 Å². The molecule has 1 saturated carbocycles. The molecule has 1 aromatic carbocycles. The van der Waals surface area contributed by atoms with Crippen molar-refractivity contribution in [3.8, 4) is 0 Å². The summed E-state index contributed by atoms with van der Waals surface area (Å²) in [6.45, 7) is 3.75. The second-order valence-corrected chi connectivity index (χ2v) is 7.02. The van der Waals surface area contributed by atoms with Crippen molar-refractivity contribution < 1.29 is 4.79 Å². The molecule has 2 N–H and O–H groups in total. The van der Waals surface area contributed by atoms with Gasteiger partial charge in [-0.25, -0.2) is 0 Å². The van der Waals surface area contributed by atoms with E-state index < -0.39 is 0 Å². The first-order valence-corrected chi connectivity index (χ1v) is 8.22. The zero-order chi connectivity index (χ0) is 15.0. The average Bonchev–Trinajstić information content (AvgIpc) is 3.28. The van der Waals surface area contributed by atoms with E-state index in [1.54, 1.807) is 0 Å². The van der Waals surface area contributed by atoms with Gasteiger partial charge < -0.3 is 10.6 Å². The van der Waals surface area contributed by atoms with Crippen LogP contribution in [0.2, 0.25) is 5.02 Å². The smallest absolute Gasteiger partial charge is 0.233 e. The maximum Gasteiger partial charge on any atom is 0.233 e. The molecule has 2 fully saturated rings. The van der Waals surface area contributed by atoms with Crippen molar-refractivity contribution in [2.75, 3.05) is 13.1 Å². The van der Waals surface area contributed by atoms with Crippen LogP contribution < -0.4 is 5.73 Å². The molecule has 2 aliphatic rings. The second kappa shape index (κ2) is 6.77. The van der Waals surface area contributed by atoms with E-state index in [4.69, 9.17) is 17.3 Å². The molecule has 1 heterocycles. The van der Waals surface area contributed by atoms with Gasteiger partial charge in [0.25, 0.3) is 0 Å². The maximum absolute atomic E-state index is 12.9. The summed E-state index contributed by atoms with van der Waals surface area (Å²) in [6.07, 6.45) is 3.93. The van der Waals surface area contributed by atoms with E-state index in [0.29, 0.717) is 10.9 Å². The first-order valence-electron chi connectivity index (χ1n) is 7.84. The van der Waals surface area contributed by atoms with E-state index in [-0.39, 0.29) is 29.8 Å². The van der Waals surface area contributed by atoms with Crippen LogP contribution in [0.25, 0.3) is 0 Å². The summed E-state index contributed by atoms with van der Waals surface area (Å²) in [5.74, 6) is 0.836. The molecular formula is C17H24Cl2N2O. The van der Waals surface area contributed by atoms with Gasteiger partial charge in [0.2, 0.25) is 5.91 Å². The lowest BCUT2D eigenvalue weighted by molar-refractivity contribution is -0.135. The number of hydrogen-bond acceptors (Lipinski definition) is 2. The van der Waals surface area contributed by atoms with E-state index in [9.17, 15) is 4.79 Å². The maximum atomic E-state index is 12.9. The Morgan fingerprint density at radius 1 is 1.36 bits per heavy atom. The van der Waals surface area contributed by atoms with Crippen molar-refractivity contribution in [2.45, 2.75) is 44.1 Å². The molecule has 1 unspecified atom stereocenters. The molecule has 3 nitrogen and oxygen atoms in total. The van der Waals surface area contributed by atoms with Crippen molar-refractivity contribution in [3.63, 3.8) is 0 Å². The fourth-order valence-electron chi connectivity index (χ4n) is 3.47. The summed E-state index contributed by atoms with van der Waals surface area (Å²) in [7, 11) is 0. The SMILES string of the molecule is CC(N)C1CCN(C(=O)C2(c3cccc(Cl)c3)CC2)CC1.Cl. The first kappa shape index (κ1) is 17.6. The standard InChI is InChI=1S/C17H23ClN2O.ClH/c1-12(19)13-5-9-20(10-6-13)16(21)17(7-8-17)14-3-2-4-15(18)11-14;/h2-4,11-13H,5-10,19H2,1H3;1H. The Hall–Kier alpha value is -0.770. The highest BCUT2D eigenvalue weighted by molar-refractivity contribution is 6.30. The number of amides is 1. The van der Waals surface area contributed by atoms with E-state index in [1.807, 2.05) is 29.2 Å². The lowest BCUT2D eigenvalue weighted by Crippen LogP contribution is -2.46. The van der Waals surface area contributed by atoms with Crippen molar-refractivity contribution >= 4 is 29.9 Å². The summed E-state index contributed by atoms with van der Waals surface area (Å²) in [4.78, 5) is 15.0. The number of benzene rings is 1. The molecule has 122 valence electrons. The number of hydrogen-bond donors (Lipinski definition) is 1. The van der Waals surface area contributed by atoms with E-state index >= 15 is 0 Å². The summed E-state index contributed by atoms with van der Waals surface area (Å²) >= 11 is 6.08. The van der Waals surface area contributed by atoms with Crippen LogP contribution in [-0.4, -0.2) is 29.9 Å². The van der Waals surface area contributed by atoms with Gasteiger partial charge in [-0.3, -0.25) is 4.79 Å². The Labute approximate surface area is 143 Å². The van der Waals surface area contributed by atoms with Gasteiger partial charge in [-0.1, -0.05) is 23.7 Å². The fourth-order valence-corrected chi connectivity index (χ4v) is 3.66. The van der Waals surface area contributed by atoms with Crippen LogP contribution in [0.4, 0.5) is 0 Å². The average molecular weight is 343 g/mol. The number of halogens is 2.